The average molecular weight is 511 g/mol. The van der Waals surface area contributed by atoms with Gasteiger partial charge in [-0.1, -0.05) is 96.3 Å². The highest BCUT2D eigenvalue weighted by Gasteiger charge is 2.73. The molecule has 0 aromatic rings. The summed E-state index contributed by atoms with van der Waals surface area (Å²) in [4.78, 5) is 0. The summed E-state index contributed by atoms with van der Waals surface area (Å²) in [6.45, 7) is -2.38. The lowest BCUT2D eigenvalue weighted by molar-refractivity contribution is 0.460. The van der Waals surface area contributed by atoms with Gasteiger partial charge < -0.3 is 0 Å². The Morgan fingerprint density at radius 1 is 0.423 bits per heavy atom. The minimum atomic E-state index is -3.05. The Kier molecular flexibility index (Phi) is 8.32. The molecular formula is C18H33Cl5Si3. The van der Waals surface area contributed by atoms with E-state index in [1.807, 2.05) is 0 Å². The summed E-state index contributed by atoms with van der Waals surface area (Å²) < 4.78 is 0. The first kappa shape index (κ1) is 22.8. The Bertz CT molecular complexity index is 436. The molecule has 1 unspecified atom stereocenters. The monoisotopic (exact) mass is 508 g/mol. The van der Waals surface area contributed by atoms with Crippen LogP contribution in [0.4, 0.5) is 0 Å². The van der Waals surface area contributed by atoms with Crippen molar-refractivity contribution < 1.29 is 0 Å². The standard InChI is InChI=1S/C18H33Cl5Si3/c19-24(16-10-4-1-5-11-16,17-12-6-2-7-13-17)25(20,26(21,22)23)18-14-8-3-9-15-18/h16-18H,1-15H2. The SMILES string of the molecule is Cl[Si](Cl)(Cl)[Si](Cl)(C1CCCCC1)[Si](Cl)(C1CCCCC1)C1CCCCC1. The van der Waals surface area contributed by atoms with E-state index in [9.17, 15) is 0 Å². The van der Waals surface area contributed by atoms with Gasteiger partial charge in [0.2, 0.25) is 6.42 Å². The van der Waals surface area contributed by atoms with Crippen LogP contribution in [0.25, 0.3) is 0 Å². The number of rotatable bonds is 5. The maximum Gasteiger partial charge on any atom is 0.340 e. The molecule has 3 rings (SSSR count). The molecule has 3 fully saturated rings. The Morgan fingerprint density at radius 2 is 0.731 bits per heavy atom. The molecule has 0 aliphatic heterocycles. The Labute approximate surface area is 186 Å². The number of hydrogen-bond acceptors (Lipinski definition) is 0. The lowest BCUT2D eigenvalue weighted by Gasteiger charge is -2.55. The van der Waals surface area contributed by atoms with Crippen LogP contribution in [-0.4, -0.2) is 18.8 Å². The normalized spacial score (nSPS) is 28.0. The van der Waals surface area contributed by atoms with E-state index in [2.05, 4.69) is 0 Å². The van der Waals surface area contributed by atoms with Crippen LogP contribution in [0.2, 0.25) is 16.6 Å². The van der Waals surface area contributed by atoms with E-state index in [4.69, 9.17) is 55.4 Å². The summed E-state index contributed by atoms with van der Waals surface area (Å²) in [5, 5.41) is 0. The fraction of sp³-hybridized carbons (Fsp3) is 1.00. The molecular weight excluding hydrogens is 478 g/mol. The van der Waals surface area contributed by atoms with Gasteiger partial charge in [0.1, 0.15) is 0 Å². The molecule has 0 saturated heterocycles. The molecule has 8 heteroatoms. The summed E-state index contributed by atoms with van der Waals surface area (Å²) in [7, 11) is 0. The summed E-state index contributed by atoms with van der Waals surface area (Å²) >= 11 is 36.6. The molecule has 0 aromatic carbocycles. The van der Waals surface area contributed by atoms with Gasteiger partial charge in [0.25, 0.3) is 0 Å². The van der Waals surface area contributed by atoms with Gasteiger partial charge in [0.15, 0.2) is 6.90 Å². The number of halogens is 5. The van der Waals surface area contributed by atoms with Crippen molar-refractivity contribution in [2.45, 2.75) is 113 Å². The zero-order valence-corrected chi connectivity index (χ0v) is 22.5. The smallest absolute Gasteiger partial charge is 0.169 e. The van der Waals surface area contributed by atoms with Crippen molar-refractivity contribution in [1.29, 1.82) is 0 Å². The Morgan fingerprint density at radius 3 is 1.04 bits per heavy atom. The third kappa shape index (κ3) is 4.26. The molecule has 0 heterocycles. The molecule has 1 atom stereocenters. The zero-order chi connectivity index (χ0) is 18.8. The average Bonchev–Trinajstić information content (AvgIpc) is 2.68. The van der Waals surface area contributed by atoms with Gasteiger partial charge in [-0.05, 0) is 16.6 Å². The van der Waals surface area contributed by atoms with Gasteiger partial charge in [-0.2, -0.15) is 22.2 Å². The lowest BCUT2D eigenvalue weighted by atomic mass is 9.99. The van der Waals surface area contributed by atoms with Crippen LogP contribution in [0, 0.1) is 0 Å². The lowest BCUT2D eigenvalue weighted by Crippen LogP contribution is -2.73. The van der Waals surface area contributed by atoms with Gasteiger partial charge in [0, 0.05) is 0 Å². The summed E-state index contributed by atoms with van der Waals surface area (Å²) in [5.41, 5.74) is -1.42. The minimum Gasteiger partial charge on any atom is -0.169 e. The van der Waals surface area contributed by atoms with E-state index in [-0.39, 0.29) is 0 Å². The fourth-order valence-corrected chi connectivity index (χ4v) is 63.2. The van der Waals surface area contributed by atoms with Crippen molar-refractivity contribution in [2.24, 2.45) is 0 Å². The van der Waals surface area contributed by atoms with Crippen molar-refractivity contribution in [3.63, 3.8) is 0 Å². The van der Waals surface area contributed by atoms with Crippen LogP contribution in [0.15, 0.2) is 0 Å². The quantitative estimate of drug-likeness (QED) is 0.255. The zero-order valence-electron chi connectivity index (χ0n) is 15.7. The van der Waals surface area contributed by atoms with E-state index in [1.165, 1.54) is 83.5 Å². The maximum atomic E-state index is 7.97. The maximum absolute atomic E-state index is 7.97. The van der Waals surface area contributed by atoms with Crippen molar-refractivity contribution in [3.8, 4) is 0 Å². The van der Waals surface area contributed by atoms with Crippen LogP contribution >= 0.6 is 55.4 Å². The first-order valence-corrected chi connectivity index (χ1v) is 24.1. The molecule has 0 N–H and O–H groups in total. The largest absolute Gasteiger partial charge is 0.340 e. The first-order valence-electron chi connectivity index (χ1n) is 10.8. The van der Waals surface area contributed by atoms with Crippen LogP contribution in [0.5, 0.6) is 0 Å². The van der Waals surface area contributed by atoms with E-state index in [0.717, 1.165) is 12.8 Å². The third-order valence-electron chi connectivity index (χ3n) is 7.54. The fourth-order valence-electron chi connectivity index (χ4n) is 6.23. The number of hydrogen-bond donors (Lipinski definition) is 0. The van der Waals surface area contributed by atoms with Crippen molar-refractivity contribution in [3.05, 3.63) is 0 Å². The minimum absolute atomic E-state index is 0.449. The second-order valence-corrected chi connectivity index (χ2v) is 42.6. The van der Waals surface area contributed by atoms with Gasteiger partial charge >= 0.3 is 5.52 Å². The summed E-state index contributed by atoms with van der Waals surface area (Å²) in [6, 6.07) is 0. The molecule has 0 bridgehead atoms. The molecule has 0 amide bonds. The third-order valence-corrected chi connectivity index (χ3v) is 60.6. The molecule has 0 radical (unpaired) electrons. The molecule has 152 valence electrons. The van der Waals surface area contributed by atoms with Crippen molar-refractivity contribution >= 4 is 74.2 Å². The van der Waals surface area contributed by atoms with E-state index < -0.39 is 18.8 Å². The van der Waals surface area contributed by atoms with Gasteiger partial charge in [0.05, 0.1) is 0 Å². The van der Waals surface area contributed by atoms with Gasteiger partial charge in [-0.25, -0.2) is 0 Å². The van der Waals surface area contributed by atoms with Crippen molar-refractivity contribution in [2.75, 3.05) is 0 Å². The highest BCUT2D eigenvalue weighted by atomic mass is 35.9. The van der Waals surface area contributed by atoms with Crippen LogP contribution in [-0.2, 0) is 0 Å². The molecule has 0 aromatic heterocycles. The molecule has 3 saturated carbocycles. The predicted molar refractivity (Wildman–Crippen MR) is 127 cm³/mol. The second kappa shape index (κ2) is 9.49. The first-order chi connectivity index (χ1) is 12.3. The summed E-state index contributed by atoms with van der Waals surface area (Å²) in [6.07, 6.45) is 16.3. The second-order valence-electron chi connectivity index (χ2n) is 8.98. The summed E-state index contributed by atoms with van der Waals surface area (Å²) in [5.74, 6) is 0. The Balaban J connectivity index is 2.05. The molecule has 3 aliphatic rings. The Hall–Kier alpha value is 2.10. The van der Waals surface area contributed by atoms with E-state index in [0.29, 0.717) is 16.6 Å². The highest BCUT2D eigenvalue weighted by molar-refractivity contribution is 8.09. The molecule has 3 aliphatic carbocycles. The molecule has 0 spiro atoms. The van der Waals surface area contributed by atoms with Crippen LogP contribution < -0.4 is 0 Å². The van der Waals surface area contributed by atoms with Crippen LogP contribution in [0.3, 0.4) is 0 Å². The molecule has 0 nitrogen and oxygen atoms in total. The predicted octanol–water partition coefficient (Wildman–Crippen LogP) is 9.17. The van der Waals surface area contributed by atoms with Gasteiger partial charge in [-0.15, -0.1) is 33.2 Å². The van der Waals surface area contributed by atoms with Crippen molar-refractivity contribution in [1.82, 2.24) is 0 Å². The van der Waals surface area contributed by atoms with Crippen LogP contribution in [0.1, 0.15) is 96.3 Å². The molecule has 26 heavy (non-hydrogen) atoms. The topological polar surface area (TPSA) is 0 Å². The van der Waals surface area contributed by atoms with Gasteiger partial charge in [-0.3, -0.25) is 0 Å². The van der Waals surface area contributed by atoms with E-state index in [1.54, 1.807) is 0 Å². The van der Waals surface area contributed by atoms with E-state index >= 15 is 0 Å². The highest BCUT2D eigenvalue weighted by Crippen LogP contribution is 2.63.